The average molecular weight is 215 g/mol. The molecule has 0 saturated heterocycles. The molecule has 0 bridgehead atoms. The van der Waals surface area contributed by atoms with Gasteiger partial charge in [0.2, 0.25) is 0 Å². The predicted octanol–water partition coefficient (Wildman–Crippen LogP) is 1.95. The monoisotopic (exact) mass is 215 g/mol. The number of anilines is 1. The van der Waals surface area contributed by atoms with Crippen molar-refractivity contribution in [3.05, 3.63) is 48.0 Å². The topological polar surface area (TPSA) is 61.0 Å². The van der Waals surface area contributed by atoms with Gasteiger partial charge in [0, 0.05) is 12.4 Å². The third-order valence-corrected chi connectivity index (χ3v) is 2.16. The van der Waals surface area contributed by atoms with Crippen LogP contribution in [0.25, 0.3) is 0 Å². The maximum atomic E-state index is 5.82. The second-order valence-corrected chi connectivity index (χ2v) is 3.53. The summed E-state index contributed by atoms with van der Waals surface area (Å²) in [5, 5.41) is 0. The number of hydrogen-bond donors (Lipinski definition) is 1. The first-order valence-corrected chi connectivity index (χ1v) is 4.99. The molecule has 1 aromatic heterocycles. The molecule has 4 nitrogen and oxygen atoms in total. The first kappa shape index (κ1) is 10.4. The van der Waals surface area contributed by atoms with Gasteiger partial charge >= 0.3 is 0 Å². The summed E-state index contributed by atoms with van der Waals surface area (Å²) in [5.41, 5.74) is 8.36. The van der Waals surface area contributed by atoms with Crippen LogP contribution in [0.4, 0.5) is 5.69 Å². The molecule has 0 atom stereocenters. The van der Waals surface area contributed by atoms with Crippen LogP contribution in [-0.2, 0) is 6.61 Å². The Morgan fingerprint density at radius 2 is 2.19 bits per heavy atom. The third-order valence-electron chi connectivity index (χ3n) is 2.16. The summed E-state index contributed by atoms with van der Waals surface area (Å²) in [4.78, 5) is 8.07. The first-order valence-electron chi connectivity index (χ1n) is 4.99. The largest absolute Gasteiger partial charge is 0.485 e. The van der Waals surface area contributed by atoms with E-state index in [-0.39, 0.29) is 0 Å². The Kier molecular flexibility index (Phi) is 3.00. The molecular formula is C12H13N3O. The van der Waals surface area contributed by atoms with Crippen molar-refractivity contribution in [2.75, 3.05) is 5.73 Å². The van der Waals surface area contributed by atoms with Gasteiger partial charge in [-0.3, -0.25) is 9.97 Å². The molecule has 2 N–H and O–H groups in total. The zero-order valence-electron chi connectivity index (χ0n) is 9.05. The second kappa shape index (κ2) is 4.61. The van der Waals surface area contributed by atoms with Crippen LogP contribution in [0.1, 0.15) is 11.3 Å². The fraction of sp³-hybridized carbons (Fsp3) is 0.167. The molecule has 0 spiro atoms. The van der Waals surface area contributed by atoms with Crippen LogP contribution in [0.5, 0.6) is 5.75 Å². The summed E-state index contributed by atoms with van der Waals surface area (Å²) >= 11 is 0. The van der Waals surface area contributed by atoms with E-state index in [1.165, 1.54) is 0 Å². The molecule has 0 saturated carbocycles. The number of benzene rings is 1. The fourth-order valence-corrected chi connectivity index (χ4v) is 1.36. The van der Waals surface area contributed by atoms with Crippen LogP contribution >= 0.6 is 0 Å². The van der Waals surface area contributed by atoms with Crippen molar-refractivity contribution in [1.29, 1.82) is 0 Å². The van der Waals surface area contributed by atoms with Gasteiger partial charge in [0.25, 0.3) is 0 Å². The number of aromatic nitrogens is 2. The summed E-state index contributed by atoms with van der Waals surface area (Å²) in [6, 6.07) is 5.70. The Balaban J connectivity index is 2.05. The highest BCUT2D eigenvalue weighted by Gasteiger charge is 2.01. The van der Waals surface area contributed by atoms with Gasteiger partial charge in [0.1, 0.15) is 12.4 Å². The van der Waals surface area contributed by atoms with Gasteiger partial charge in [0.15, 0.2) is 0 Å². The lowest BCUT2D eigenvalue weighted by atomic mass is 10.2. The van der Waals surface area contributed by atoms with Gasteiger partial charge in [0.05, 0.1) is 17.6 Å². The minimum Gasteiger partial charge on any atom is -0.485 e. The second-order valence-electron chi connectivity index (χ2n) is 3.53. The van der Waals surface area contributed by atoms with Crippen molar-refractivity contribution < 1.29 is 4.74 Å². The summed E-state index contributed by atoms with van der Waals surface area (Å²) in [7, 11) is 0. The van der Waals surface area contributed by atoms with Gasteiger partial charge in [-0.25, -0.2) is 0 Å². The van der Waals surface area contributed by atoms with E-state index in [0.29, 0.717) is 18.0 Å². The SMILES string of the molecule is Cc1ccc(OCc2cnccn2)c(N)c1. The van der Waals surface area contributed by atoms with Crippen molar-refractivity contribution >= 4 is 5.69 Å². The average Bonchev–Trinajstić information content (AvgIpc) is 2.29. The van der Waals surface area contributed by atoms with Crippen LogP contribution in [0, 0.1) is 6.92 Å². The van der Waals surface area contributed by atoms with E-state index in [4.69, 9.17) is 10.5 Å². The molecule has 0 fully saturated rings. The highest BCUT2D eigenvalue weighted by Crippen LogP contribution is 2.22. The number of nitrogen functional groups attached to an aromatic ring is 1. The number of aryl methyl sites for hydroxylation is 1. The number of rotatable bonds is 3. The minimum atomic E-state index is 0.376. The Hall–Kier alpha value is -2.10. The molecule has 82 valence electrons. The molecule has 0 amide bonds. The highest BCUT2D eigenvalue weighted by molar-refractivity contribution is 5.54. The number of nitrogens with zero attached hydrogens (tertiary/aromatic N) is 2. The summed E-state index contributed by atoms with van der Waals surface area (Å²) in [6.45, 7) is 2.36. The van der Waals surface area contributed by atoms with Crippen LogP contribution in [0.3, 0.4) is 0 Å². The summed E-state index contributed by atoms with van der Waals surface area (Å²) < 4.78 is 5.55. The van der Waals surface area contributed by atoms with E-state index in [0.717, 1.165) is 11.3 Å². The normalized spacial score (nSPS) is 10.1. The molecular weight excluding hydrogens is 202 g/mol. The van der Waals surface area contributed by atoms with E-state index >= 15 is 0 Å². The lowest BCUT2D eigenvalue weighted by Crippen LogP contribution is -2.01. The minimum absolute atomic E-state index is 0.376. The maximum absolute atomic E-state index is 5.82. The molecule has 0 aliphatic carbocycles. The van der Waals surface area contributed by atoms with E-state index < -0.39 is 0 Å². The Bertz CT molecular complexity index is 471. The van der Waals surface area contributed by atoms with Crippen molar-refractivity contribution in [3.8, 4) is 5.75 Å². The molecule has 0 aliphatic heterocycles. The van der Waals surface area contributed by atoms with Crippen LogP contribution in [0.2, 0.25) is 0 Å². The fourth-order valence-electron chi connectivity index (χ4n) is 1.36. The Morgan fingerprint density at radius 3 is 2.88 bits per heavy atom. The molecule has 2 rings (SSSR count). The third kappa shape index (κ3) is 2.48. The molecule has 0 radical (unpaired) electrons. The number of hydrogen-bond acceptors (Lipinski definition) is 4. The predicted molar refractivity (Wildman–Crippen MR) is 62.0 cm³/mol. The molecule has 1 heterocycles. The lowest BCUT2D eigenvalue weighted by molar-refractivity contribution is 0.302. The van der Waals surface area contributed by atoms with E-state index in [2.05, 4.69) is 9.97 Å². The van der Waals surface area contributed by atoms with Crippen molar-refractivity contribution in [3.63, 3.8) is 0 Å². The zero-order chi connectivity index (χ0) is 11.4. The molecule has 16 heavy (non-hydrogen) atoms. The quantitative estimate of drug-likeness (QED) is 0.795. The van der Waals surface area contributed by atoms with Crippen molar-refractivity contribution in [2.24, 2.45) is 0 Å². The number of ether oxygens (including phenoxy) is 1. The molecule has 4 heteroatoms. The van der Waals surface area contributed by atoms with E-state index in [1.807, 2.05) is 25.1 Å². The van der Waals surface area contributed by atoms with Crippen LogP contribution < -0.4 is 10.5 Å². The summed E-state index contributed by atoms with van der Waals surface area (Å²) in [5.74, 6) is 0.677. The van der Waals surface area contributed by atoms with Crippen molar-refractivity contribution in [1.82, 2.24) is 9.97 Å². The smallest absolute Gasteiger partial charge is 0.142 e. The molecule has 2 aromatic rings. The van der Waals surface area contributed by atoms with Crippen LogP contribution in [0.15, 0.2) is 36.8 Å². The van der Waals surface area contributed by atoms with Gasteiger partial charge in [-0.1, -0.05) is 6.07 Å². The van der Waals surface area contributed by atoms with Gasteiger partial charge in [-0.15, -0.1) is 0 Å². The molecule has 1 aromatic carbocycles. The van der Waals surface area contributed by atoms with Gasteiger partial charge < -0.3 is 10.5 Å². The van der Waals surface area contributed by atoms with E-state index in [1.54, 1.807) is 18.6 Å². The van der Waals surface area contributed by atoms with Crippen LogP contribution in [-0.4, -0.2) is 9.97 Å². The summed E-state index contributed by atoms with van der Waals surface area (Å²) in [6.07, 6.45) is 4.94. The Morgan fingerprint density at radius 1 is 1.31 bits per heavy atom. The zero-order valence-corrected chi connectivity index (χ0v) is 9.05. The number of nitrogens with two attached hydrogens (primary N) is 1. The Labute approximate surface area is 94.1 Å². The van der Waals surface area contributed by atoms with E-state index in [9.17, 15) is 0 Å². The van der Waals surface area contributed by atoms with Gasteiger partial charge in [-0.2, -0.15) is 0 Å². The standard InChI is InChI=1S/C12H13N3O/c1-9-2-3-12(11(13)6-9)16-8-10-7-14-4-5-15-10/h2-7H,8,13H2,1H3. The van der Waals surface area contributed by atoms with Gasteiger partial charge in [-0.05, 0) is 24.6 Å². The molecule has 0 unspecified atom stereocenters. The molecule has 0 aliphatic rings. The maximum Gasteiger partial charge on any atom is 0.142 e. The lowest BCUT2D eigenvalue weighted by Gasteiger charge is -2.08. The highest BCUT2D eigenvalue weighted by atomic mass is 16.5. The van der Waals surface area contributed by atoms with Crippen molar-refractivity contribution in [2.45, 2.75) is 13.5 Å². The first-order chi connectivity index (χ1) is 7.75.